The van der Waals surface area contributed by atoms with Crippen molar-refractivity contribution in [2.75, 3.05) is 39.8 Å². The van der Waals surface area contributed by atoms with Gasteiger partial charge in [0.05, 0.1) is 0 Å². The fourth-order valence-electron chi connectivity index (χ4n) is 2.63. The van der Waals surface area contributed by atoms with Gasteiger partial charge in [-0.1, -0.05) is 44.2 Å². The van der Waals surface area contributed by atoms with Crippen molar-refractivity contribution in [3.8, 4) is 0 Å². The summed E-state index contributed by atoms with van der Waals surface area (Å²) in [4.78, 5) is 2.44. The Bertz CT molecular complexity index is 375. The Hall–Kier alpha value is -0.900. The minimum atomic E-state index is 0.182. The maximum absolute atomic E-state index is 3.64. The molecule has 1 saturated heterocycles. The normalized spacial score (nSPS) is 21.5. The van der Waals surface area contributed by atoms with Crippen molar-refractivity contribution in [1.29, 1.82) is 0 Å². The van der Waals surface area contributed by atoms with Crippen LogP contribution in [0.3, 0.4) is 0 Å². The Labute approximate surface area is 117 Å². The third kappa shape index (κ3) is 4.03. The van der Waals surface area contributed by atoms with Crippen LogP contribution < -0.4 is 10.6 Å². The van der Waals surface area contributed by atoms with Crippen LogP contribution >= 0.6 is 0 Å². The van der Waals surface area contributed by atoms with Gasteiger partial charge in [-0.3, -0.25) is 4.90 Å². The first-order valence-corrected chi connectivity index (χ1v) is 7.27. The quantitative estimate of drug-likeness (QED) is 0.840. The zero-order valence-electron chi connectivity index (χ0n) is 12.4. The lowest BCUT2D eigenvalue weighted by Crippen LogP contribution is -2.54. The molecule has 19 heavy (non-hydrogen) atoms. The largest absolute Gasteiger partial charge is 0.314 e. The van der Waals surface area contributed by atoms with Crippen LogP contribution in [-0.4, -0.2) is 50.7 Å². The van der Waals surface area contributed by atoms with Crippen LogP contribution in [0.5, 0.6) is 0 Å². The van der Waals surface area contributed by atoms with Gasteiger partial charge in [-0.2, -0.15) is 0 Å². The van der Waals surface area contributed by atoms with Crippen LogP contribution in [0.4, 0.5) is 0 Å². The number of rotatable bonds is 5. The summed E-state index contributed by atoms with van der Waals surface area (Å²) in [6.45, 7) is 10.0. The Morgan fingerprint density at radius 3 is 2.74 bits per heavy atom. The first-order valence-electron chi connectivity index (χ1n) is 7.27. The molecule has 1 heterocycles. The van der Waals surface area contributed by atoms with Crippen molar-refractivity contribution in [2.24, 2.45) is 0 Å². The predicted molar refractivity (Wildman–Crippen MR) is 81.6 cm³/mol. The maximum Gasteiger partial charge on any atom is 0.0342 e. The van der Waals surface area contributed by atoms with Gasteiger partial charge in [0.25, 0.3) is 0 Å². The highest BCUT2D eigenvalue weighted by Crippen LogP contribution is 2.21. The van der Waals surface area contributed by atoms with Crippen LogP contribution in [0, 0.1) is 0 Å². The number of likely N-dealkylation sites (N-methyl/N-ethyl adjacent to an activating group) is 1. The molecule has 106 valence electrons. The minimum absolute atomic E-state index is 0.182. The van der Waals surface area contributed by atoms with Gasteiger partial charge in [0, 0.05) is 44.2 Å². The molecular weight excluding hydrogens is 234 g/mol. The molecule has 0 aliphatic carbocycles. The smallest absolute Gasteiger partial charge is 0.0342 e. The summed E-state index contributed by atoms with van der Waals surface area (Å²) in [5.41, 5.74) is 1.58. The van der Waals surface area contributed by atoms with E-state index < -0.39 is 0 Å². The molecule has 1 fully saturated rings. The van der Waals surface area contributed by atoms with Crippen molar-refractivity contribution in [2.45, 2.75) is 25.3 Å². The van der Waals surface area contributed by atoms with Gasteiger partial charge >= 0.3 is 0 Å². The van der Waals surface area contributed by atoms with Crippen molar-refractivity contribution in [3.05, 3.63) is 35.9 Å². The molecular formula is C16H27N3. The molecule has 1 unspecified atom stereocenters. The average molecular weight is 261 g/mol. The summed E-state index contributed by atoms with van der Waals surface area (Å²) in [5, 5.41) is 7.11. The van der Waals surface area contributed by atoms with Crippen LogP contribution in [0.1, 0.15) is 19.4 Å². The first-order chi connectivity index (χ1) is 9.09. The standard InChI is InChI=1S/C16H27N3/c1-16(2,14-7-5-4-6-8-14)13-18-12-15-11-17-9-10-19(15)3/h4-8,15,17-18H,9-13H2,1-3H3. The molecule has 2 rings (SSSR count). The van der Waals surface area contributed by atoms with Crippen molar-refractivity contribution < 1.29 is 0 Å². The zero-order chi connectivity index (χ0) is 13.7. The average Bonchev–Trinajstić information content (AvgIpc) is 2.42. The van der Waals surface area contributed by atoms with Crippen molar-refractivity contribution in [1.82, 2.24) is 15.5 Å². The van der Waals surface area contributed by atoms with Gasteiger partial charge in [-0.15, -0.1) is 0 Å². The lowest BCUT2D eigenvalue weighted by Gasteiger charge is -2.34. The monoisotopic (exact) mass is 261 g/mol. The van der Waals surface area contributed by atoms with E-state index in [2.05, 4.69) is 66.8 Å². The molecule has 0 radical (unpaired) electrons. The molecule has 1 aliphatic rings. The highest BCUT2D eigenvalue weighted by Gasteiger charge is 2.22. The van der Waals surface area contributed by atoms with Crippen LogP contribution in [-0.2, 0) is 5.41 Å². The second-order valence-corrected chi connectivity index (χ2v) is 6.22. The summed E-state index contributed by atoms with van der Waals surface area (Å²) in [5.74, 6) is 0. The first kappa shape index (κ1) is 14.5. The molecule has 1 aliphatic heterocycles. The Morgan fingerprint density at radius 2 is 2.05 bits per heavy atom. The summed E-state index contributed by atoms with van der Waals surface area (Å²) < 4.78 is 0. The second-order valence-electron chi connectivity index (χ2n) is 6.22. The second kappa shape index (κ2) is 6.51. The molecule has 3 heteroatoms. The van der Waals surface area contributed by atoms with E-state index in [0.29, 0.717) is 6.04 Å². The van der Waals surface area contributed by atoms with Gasteiger partial charge in [-0.05, 0) is 12.6 Å². The number of hydrogen-bond acceptors (Lipinski definition) is 3. The summed E-state index contributed by atoms with van der Waals surface area (Å²) in [6, 6.07) is 11.4. The van der Waals surface area contributed by atoms with Crippen LogP contribution in [0.15, 0.2) is 30.3 Å². The number of hydrogen-bond donors (Lipinski definition) is 2. The highest BCUT2D eigenvalue weighted by atomic mass is 15.2. The highest BCUT2D eigenvalue weighted by molar-refractivity contribution is 5.23. The third-order valence-electron chi connectivity index (χ3n) is 4.15. The van der Waals surface area contributed by atoms with E-state index in [1.807, 2.05) is 0 Å². The van der Waals surface area contributed by atoms with Crippen LogP contribution in [0.25, 0.3) is 0 Å². The van der Waals surface area contributed by atoms with Gasteiger partial charge in [-0.25, -0.2) is 0 Å². The zero-order valence-corrected chi connectivity index (χ0v) is 12.4. The fourth-order valence-corrected chi connectivity index (χ4v) is 2.63. The predicted octanol–water partition coefficient (Wildman–Crippen LogP) is 1.46. The Morgan fingerprint density at radius 1 is 1.32 bits per heavy atom. The van der Waals surface area contributed by atoms with Crippen molar-refractivity contribution >= 4 is 0 Å². The Kier molecular flexibility index (Phi) is 4.97. The number of nitrogens with one attached hydrogen (secondary N) is 2. The molecule has 0 amide bonds. The fraction of sp³-hybridized carbons (Fsp3) is 0.625. The minimum Gasteiger partial charge on any atom is -0.314 e. The van der Waals surface area contributed by atoms with E-state index in [1.54, 1.807) is 0 Å². The third-order valence-corrected chi connectivity index (χ3v) is 4.15. The van der Waals surface area contributed by atoms with Gasteiger partial charge in [0.1, 0.15) is 0 Å². The molecule has 1 aromatic carbocycles. The molecule has 1 atom stereocenters. The Balaban J connectivity index is 1.81. The number of nitrogens with zero attached hydrogens (tertiary/aromatic N) is 1. The van der Waals surface area contributed by atoms with Crippen molar-refractivity contribution in [3.63, 3.8) is 0 Å². The lowest BCUT2D eigenvalue weighted by atomic mass is 9.84. The summed E-state index contributed by atoms with van der Waals surface area (Å²) >= 11 is 0. The summed E-state index contributed by atoms with van der Waals surface area (Å²) in [6.07, 6.45) is 0. The lowest BCUT2D eigenvalue weighted by molar-refractivity contribution is 0.193. The molecule has 0 aromatic heterocycles. The number of benzene rings is 1. The van der Waals surface area contributed by atoms with Crippen LogP contribution in [0.2, 0.25) is 0 Å². The molecule has 0 spiro atoms. The molecule has 3 nitrogen and oxygen atoms in total. The molecule has 0 saturated carbocycles. The maximum atomic E-state index is 3.64. The van der Waals surface area contributed by atoms with Gasteiger partial charge < -0.3 is 10.6 Å². The number of piperazine rings is 1. The van der Waals surface area contributed by atoms with E-state index in [4.69, 9.17) is 0 Å². The van der Waals surface area contributed by atoms with E-state index >= 15 is 0 Å². The van der Waals surface area contributed by atoms with E-state index in [0.717, 1.165) is 32.7 Å². The molecule has 2 N–H and O–H groups in total. The van der Waals surface area contributed by atoms with Gasteiger partial charge in [0.2, 0.25) is 0 Å². The van der Waals surface area contributed by atoms with E-state index in [-0.39, 0.29) is 5.41 Å². The summed E-state index contributed by atoms with van der Waals surface area (Å²) in [7, 11) is 2.22. The van der Waals surface area contributed by atoms with Gasteiger partial charge in [0.15, 0.2) is 0 Å². The SMILES string of the molecule is CN1CCNCC1CNCC(C)(C)c1ccccc1. The topological polar surface area (TPSA) is 27.3 Å². The van der Waals surface area contributed by atoms with E-state index in [1.165, 1.54) is 5.56 Å². The molecule has 1 aromatic rings. The molecule has 0 bridgehead atoms. The van der Waals surface area contributed by atoms with E-state index in [9.17, 15) is 0 Å².